The van der Waals surface area contributed by atoms with Crippen LogP contribution in [-0.2, 0) is 33.0 Å². The van der Waals surface area contributed by atoms with Gasteiger partial charge in [-0.2, -0.15) is 0 Å². The van der Waals surface area contributed by atoms with Gasteiger partial charge in [-0.25, -0.2) is 22.6 Å². The second-order valence-electron chi connectivity index (χ2n) is 14.7. The molecule has 2 aliphatic carbocycles. The van der Waals surface area contributed by atoms with Crippen molar-refractivity contribution in [2.24, 2.45) is 17.8 Å². The Balaban J connectivity index is 1.07. The summed E-state index contributed by atoms with van der Waals surface area (Å²) in [5, 5.41) is 2.46. The van der Waals surface area contributed by atoms with E-state index in [2.05, 4.69) is 37.7 Å². The number of aryl methyl sites for hydroxylation is 1. The highest BCUT2D eigenvalue weighted by atomic mass is 32.2. The highest BCUT2D eigenvalue weighted by Gasteiger charge is 2.53. The van der Waals surface area contributed by atoms with Crippen LogP contribution in [-0.4, -0.2) is 80.1 Å². The summed E-state index contributed by atoms with van der Waals surface area (Å²) in [6.45, 7) is 7.66. The lowest BCUT2D eigenvalue weighted by molar-refractivity contribution is 0.00161. The van der Waals surface area contributed by atoms with Crippen molar-refractivity contribution in [1.82, 2.24) is 19.8 Å². The lowest BCUT2D eigenvalue weighted by atomic mass is 9.58. The number of amides is 1. The average Bonchev–Trinajstić information content (AvgIpc) is 3.72. The fraction of sp³-hybridized carbons (Fsp3) is 0.579. The molecule has 11 heteroatoms. The largest absolute Gasteiger partial charge is 0.446 e. The molecule has 0 radical (unpaired) electrons. The number of hydrogen-bond acceptors (Lipinski definition) is 7. The number of alkyl carbamates (subject to hydrolysis) is 1. The smallest absolute Gasteiger partial charge is 0.407 e. The Labute approximate surface area is 290 Å². The van der Waals surface area contributed by atoms with E-state index in [1.165, 1.54) is 6.07 Å². The van der Waals surface area contributed by atoms with Crippen molar-refractivity contribution in [3.8, 4) is 0 Å². The molecule has 1 N–H and O–H groups in total. The molecule has 2 saturated carbocycles. The third-order valence-corrected chi connectivity index (χ3v) is 14.1. The number of carbonyl (C=O) groups is 1. The number of nitrogens with one attached hydrogen (secondary N) is 1. The zero-order valence-corrected chi connectivity index (χ0v) is 29.6. The molecule has 3 aromatic rings. The number of piperidine rings is 1. The zero-order valence-electron chi connectivity index (χ0n) is 28.8. The Morgan fingerprint density at radius 2 is 1.80 bits per heavy atom. The number of aromatic nitrogens is 2. The molecule has 2 aliphatic heterocycles. The highest BCUT2D eigenvalue weighted by Crippen LogP contribution is 2.52. The average molecular weight is 692 g/mol. The summed E-state index contributed by atoms with van der Waals surface area (Å²) in [4.78, 5) is 22.6. The lowest BCUT2D eigenvalue weighted by Crippen LogP contribution is -2.55. The summed E-state index contributed by atoms with van der Waals surface area (Å²) in [7, 11) is -1.57. The molecule has 1 unspecified atom stereocenters. The molecule has 264 valence electrons. The van der Waals surface area contributed by atoms with Crippen molar-refractivity contribution in [2.75, 3.05) is 44.7 Å². The number of hydrogen-bond donors (Lipinski definition) is 1. The van der Waals surface area contributed by atoms with E-state index in [9.17, 15) is 13.2 Å². The molecular formula is C38H50FN5O4S. The van der Waals surface area contributed by atoms with Gasteiger partial charge in [0.25, 0.3) is 0 Å². The zero-order chi connectivity index (χ0) is 34.2. The Morgan fingerprint density at radius 3 is 2.47 bits per heavy atom. The second-order valence-corrected chi connectivity index (χ2v) is 16.9. The number of nitrogens with zero attached hydrogens (tertiary/aromatic N) is 4. The van der Waals surface area contributed by atoms with Crippen LogP contribution in [0, 0.1) is 23.6 Å². The molecule has 4 fully saturated rings. The van der Waals surface area contributed by atoms with Crippen LogP contribution in [0.15, 0.2) is 65.8 Å². The van der Waals surface area contributed by atoms with E-state index in [1.54, 1.807) is 25.2 Å². The molecule has 2 aromatic carbocycles. The maximum atomic E-state index is 15.1. The van der Waals surface area contributed by atoms with Crippen LogP contribution in [0.2, 0.25) is 0 Å². The van der Waals surface area contributed by atoms with E-state index in [-0.39, 0.29) is 29.0 Å². The summed E-state index contributed by atoms with van der Waals surface area (Å²) in [5.74, 6) is 1.63. The minimum Gasteiger partial charge on any atom is -0.446 e. The minimum atomic E-state index is -3.17. The van der Waals surface area contributed by atoms with Gasteiger partial charge in [0.1, 0.15) is 17.7 Å². The van der Waals surface area contributed by atoms with Crippen LogP contribution in [0.5, 0.6) is 0 Å². The number of anilines is 1. The molecule has 1 aromatic heterocycles. The van der Waals surface area contributed by atoms with E-state index in [1.807, 2.05) is 30.6 Å². The van der Waals surface area contributed by atoms with Crippen molar-refractivity contribution in [3.63, 3.8) is 0 Å². The molecule has 0 bridgehead atoms. The first-order chi connectivity index (χ1) is 23.7. The molecule has 0 spiro atoms. The monoisotopic (exact) mass is 691 g/mol. The Morgan fingerprint density at radius 1 is 1.04 bits per heavy atom. The van der Waals surface area contributed by atoms with Crippen LogP contribution >= 0.6 is 0 Å². The van der Waals surface area contributed by atoms with Gasteiger partial charge in [0.05, 0.1) is 10.1 Å². The van der Waals surface area contributed by atoms with E-state index in [4.69, 9.17) is 4.74 Å². The Kier molecular flexibility index (Phi) is 9.76. The number of sulfone groups is 1. The quantitative estimate of drug-likeness (QED) is 0.255. The van der Waals surface area contributed by atoms with Crippen molar-refractivity contribution < 1.29 is 22.3 Å². The van der Waals surface area contributed by atoms with Gasteiger partial charge < -0.3 is 24.4 Å². The maximum Gasteiger partial charge on any atom is 0.407 e. The van der Waals surface area contributed by atoms with E-state index < -0.39 is 21.3 Å². The number of rotatable bonds is 12. The first-order valence-electron chi connectivity index (χ1n) is 18.2. The Hall–Kier alpha value is -3.44. The fourth-order valence-corrected chi connectivity index (χ4v) is 10.8. The Bertz CT molecular complexity index is 1710. The molecule has 7 rings (SSSR count). The van der Waals surface area contributed by atoms with E-state index >= 15 is 4.39 Å². The van der Waals surface area contributed by atoms with E-state index in [0.29, 0.717) is 17.4 Å². The topological polar surface area (TPSA) is 96.8 Å². The van der Waals surface area contributed by atoms with Gasteiger partial charge in [0.15, 0.2) is 9.84 Å². The summed E-state index contributed by atoms with van der Waals surface area (Å²) in [6, 6.07) is 14.6. The highest BCUT2D eigenvalue weighted by molar-refractivity contribution is 7.92. The molecule has 9 nitrogen and oxygen atoms in total. The van der Waals surface area contributed by atoms with Crippen LogP contribution in [0.3, 0.4) is 0 Å². The SMILES string of the molecule is CCc1nccn1C[C@@](c1cccc(F)c1)(C1CCN(CC2CN(c3ccc(S(=O)(=O)C4CC4)cc3)C2)CC1)[C@H]1CCCC1OC(=O)NC. The predicted octanol–water partition coefficient (Wildman–Crippen LogP) is 5.83. The number of carbonyl (C=O) groups excluding carboxylic acids is 1. The number of halogens is 1. The first kappa shape index (κ1) is 34.0. The molecule has 1 amide bonds. The standard InChI is InChI=1S/C38H50FN5O4S/c1-3-36-41-18-21-43(36)26-38(29-6-4-7-30(39)22-29,34-8-5-9-35(34)48-37(45)40-2)28-16-19-42(20-17-28)23-27-24-44(25-27)31-10-12-32(13-11-31)49(46,47)33-14-15-33/h4,6-7,10-13,18,21-22,27-28,33-35H,3,5,8-9,14-17,19-20,23-26H2,1-2H3,(H,40,45)/t34-,35?,38-/m0/s1. The second kappa shape index (κ2) is 14.1. The van der Waals surface area contributed by atoms with Crippen molar-refractivity contribution in [2.45, 2.75) is 86.5 Å². The number of ether oxygens (including phenoxy) is 1. The van der Waals surface area contributed by atoms with Crippen LogP contribution < -0.4 is 10.2 Å². The molecular weight excluding hydrogens is 642 g/mol. The number of imidazole rings is 1. The third-order valence-electron chi connectivity index (χ3n) is 11.8. The van der Waals surface area contributed by atoms with Gasteiger partial charge in [-0.05, 0) is 106 Å². The molecule has 3 heterocycles. The van der Waals surface area contributed by atoms with Crippen LogP contribution in [0.4, 0.5) is 14.9 Å². The predicted molar refractivity (Wildman–Crippen MR) is 188 cm³/mol. The lowest BCUT2D eigenvalue weighted by Gasteiger charge is -2.51. The first-order valence-corrected chi connectivity index (χ1v) is 19.7. The van der Waals surface area contributed by atoms with Gasteiger partial charge in [-0.3, -0.25) is 0 Å². The van der Waals surface area contributed by atoms with Crippen LogP contribution in [0.1, 0.15) is 63.3 Å². The summed E-state index contributed by atoms with van der Waals surface area (Å²) in [6.07, 6.45) is 10.2. The third kappa shape index (κ3) is 6.85. The van der Waals surface area contributed by atoms with Gasteiger partial charge in [-0.1, -0.05) is 19.1 Å². The van der Waals surface area contributed by atoms with Crippen molar-refractivity contribution in [3.05, 3.63) is 78.1 Å². The summed E-state index contributed by atoms with van der Waals surface area (Å²) >= 11 is 0. The molecule has 2 saturated heterocycles. The van der Waals surface area contributed by atoms with Gasteiger partial charge in [0, 0.05) is 75.0 Å². The van der Waals surface area contributed by atoms with Crippen LogP contribution in [0.25, 0.3) is 0 Å². The normalized spacial score (nSPS) is 23.6. The number of likely N-dealkylation sites (tertiary alicyclic amines) is 1. The summed E-state index contributed by atoms with van der Waals surface area (Å²) in [5.41, 5.74) is 1.63. The van der Waals surface area contributed by atoms with Gasteiger partial charge in [0.2, 0.25) is 0 Å². The molecule has 3 atom stereocenters. The van der Waals surface area contributed by atoms with Gasteiger partial charge in [-0.15, -0.1) is 0 Å². The van der Waals surface area contributed by atoms with Crippen molar-refractivity contribution in [1.29, 1.82) is 0 Å². The molecule has 4 aliphatic rings. The summed E-state index contributed by atoms with van der Waals surface area (Å²) < 4.78 is 48.6. The van der Waals surface area contributed by atoms with Gasteiger partial charge >= 0.3 is 6.09 Å². The van der Waals surface area contributed by atoms with E-state index in [0.717, 1.165) is 101 Å². The maximum absolute atomic E-state index is 15.1. The fourth-order valence-electron chi connectivity index (χ4n) is 9.11. The van der Waals surface area contributed by atoms with Crippen molar-refractivity contribution >= 4 is 21.6 Å². The molecule has 49 heavy (non-hydrogen) atoms. The number of benzene rings is 2. The minimum absolute atomic E-state index is 0.0427.